The van der Waals surface area contributed by atoms with Crippen molar-refractivity contribution in [2.45, 2.75) is 192 Å². The second-order valence-corrected chi connectivity index (χ2v) is 39.6. The predicted molar refractivity (Wildman–Crippen MR) is 277 cm³/mol. The molecule has 13 heteroatoms. The predicted octanol–water partition coefficient (Wildman–Crippen LogP) is 11.4. The summed E-state index contributed by atoms with van der Waals surface area (Å²) in [6.45, 7) is 39.2. The monoisotopic (exact) mass is 981 g/mol. The maximum absolute atomic E-state index is 14.6. The second kappa shape index (κ2) is 19.5. The Morgan fingerprint density at radius 3 is 1.55 bits per heavy atom. The summed E-state index contributed by atoms with van der Waals surface area (Å²) in [7, 11) is -10.6. The minimum absolute atomic E-state index is 0.176. The van der Waals surface area contributed by atoms with Crippen molar-refractivity contribution in [2.75, 3.05) is 19.5 Å². The Kier molecular flexibility index (Phi) is 16.1. The van der Waals surface area contributed by atoms with Crippen molar-refractivity contribution in [1.82, 2.24) is 0 Å². The normalized spacial score (nSPS) is 25.6. The molecule has 0 aromatic heterocycles. The number of rotatable bonds is 16. The van der Waals surface area contributed by atoms with Crippen LogP contribution in [-0.2, 0) is 42.1 Å². The molecule has 0 amide bonds. The van der Waals surface area contributed by atoms with E-state index in [-0.39, 0.29) is 44.6 Å². The topological polar surface area (TPSA) is 98.8 Å². The summed E-state index contributed by atoms with van der Waals surface area (Å²) in [6.07, 6.45) is -0.293. The molecule has 0 bridgehead atoms. The highest BCUT2D eigenvalue weighted by Gasteiger charge is 2.65. The maximum atomic E-state index is 14.6. The van der Waals surface area contributed by atoms with Crippen molar-refractivity contribution in [1.29, 1.82) is 0 Å². The molecule has 0 aliphatic carbocycles. The molecular weight excluding hydrogens is 897 g/mol. The zero-order chi connectivity index (χ0) is 49.6. The first-order valence-electron chi connectivity index (χ1n) is 23.8. The fourth-order valence-corrected chi connectivity index (χ4v) is 18.2. The summed E-state index contributed by atoms with van der Waals surface area (Å²) < 4.78 is 79.9. The van der Waals surface area contributed by atoms with Gasteiger partial charge in [-0.1, -0.05) is 161 Å². The van der Waals surface area contributed by atoms with Crippen molar-refractivity contribution in [3.63, 3.8) is 0 Å². The van der Waals surface area contributed by atoms with E-state index in [4.69, 9.17) is 32.2 Å². The van der Waals surface area contributed by atoms with Crippen molar-refractivity contribution < 1.29 is 40.6 Å². The van der Waals surface area contributed by atoms with Crippen LogP contribution in [-0.4, -0.2) is 94.9 Å². The molecular formula is C53H84O9SSi3. The molecule has 0 radical (unpaired) electrons. The maximum Gasteiger partial charge on any atom is 0.261 e. The van der Waals surface area contributed by atoms with E-state index in [0.717, 1.165) is 5.57 Å². The van der Waals surface area contributed by atoms with E-state index in [1.807, 2.05) is 40.7 Å². The molecule has 6 atom stereocenters. The van der Waals surface area contributed by atoms with Gasteiger partial charge in [0.2, 0.25) is 5.79 Å². The third-order valence-corrected chi connectivity index (χ3v) is 30.9. The molecule has 0 spiro atoms. The van der Waals surface area contributed by atoms with E-state index in [2.05, 4.69) is 155 Å². The second-order valence-electron chi connectivity index (χ2n) is 23.8. The van der Waals surface area contributed by atoms with Gasteiger partial charge < -0.3 is 32.2 Å². The summed E-state index contributed by atoms with van der Waals surface area (Å²) in [5.41, 5.74) is -0.379. The van der Waals surface area contributed by atoms with Crippen LogP contribution in [0.3, 0.4) is 0 Å². The van der Waals surface area contributed by atoms with Gasteiger partial charge in [0.05, 0.1) is 41.7 Å². The number of methoxy groups -OCH3 is 1. The summed E-state index contributed by atoms with van der Waals surface area (Å²) in [6, 6.07) is 29.9. The summed E-state index contributed by atoms with van der Waals surface area (Å²) >= 11 is 0. The van der Waals surface area contributed by atoms with Crippen LogP contribution < -0.4 is 10.4 Å². The zero-order valence-electron chi connectivity index (χ0n) is 43.8. The van der Waals surface area contributed by atoms with Crippen LogP contribution >= 0.6 is 0 Å². The highest BCUT2D eigenvalue weighted by atomic mass is 32.2. The smallest absolute Gasteiger partial charge is 0.261 e. The number of hydrogen-bond donors (Lipinski definition) is 0. The van der Waals surface area contributed by atoms with Gasteiger partial charge >= 0.3 is 0 Å². The molecule has 3 aromatic carbocycles. The average molecular weight is 982 g/mol. The van der Waals surface area contributed by atoms with Crippen molar-refractivity contribution >= 4 is 45.2 Å². The van der Waals surface area contributed by atoms with Gasteiger partial charge in [-0.25, -0.2) is 8.42 Å². The quantitative estimate of drug-likeness (QED) is 0.103. The lowest BCUT2D eigenvalue weighted by molar-refractivity contribution is -0.350. The number of hydrogen-bond acceptors (Lipinski definition) is 9. The lowest BCUT2D eigenvalue weighted by Crippen LogP contribution is -2.70. The Hall–Kier alpha value is -2.28. The molecule has 5 rings (SSSR count). The van der Waals surface area contributed by atoms with Crippen LogP contribution in [0.15, 0.2) is 108 Å². The van der Waals surface area contributed by atoms with Crippen LogP contribution in [0.4, 0.5) is 0 Å². The van der Waals surface area contributed by atoms with Gasteiger partial charge in [-0.05, 0) is 90.2 Å². The Labute approximate surface area is 403 Å². The molecule has 2 aliphatic heterocycles. The van der Waals surface area contributed by atoms with Gasteiger partial charge in [-0.15, -0.1) is 0 Å². The first-order chi connectivity index (χ1) is 30.2. The third-order valence-electron chi connectivity index (χ3n) is 14.9. The molecule has 2 fully saturated rings. The van der Waals surface area contributed by atoms with Gasteiger partial charge in [-0.3, -0.25) is 0 Å². The molecule has 2 aliphatic rings. The van der Waals surface area contributed by atoms with Crippen LogP contribution in [0, 0.1) is 5.41 Å². The Morgan fingerprint density at radius 1 is 0.652 bits per heavy atom. The Bertz CT molecular complexity index is 2170. The van der Waals surface area contributed by atoms with E-state index >= 15 is 0 Å². The Balaban J connectivity index is 1.85. The first kappa shape index (κ1) is 54.7. The molecule has 9 nitrogen and oxygen atoms in total. The van der Waals surface area contributed by atoms with Crippen molar-refractivity contribution in [3.05, 3.63) is 103 Å². The van der Waals surface area contributed by atoms with Crippen LogP contribution in [0.5, 0.6) is 0 Å². The van der Waals surface area contributed by atoms with Crippen molar-refractivity contribution in [2.24, 2.45) is 5.41 Å². The lowest BCUT2D eigenvalue weighted by Gasteiger charge is -2.59. The van der Waals surface area contributed by atoms with E-state index in [9.17, 15) is 8.42 Å². The molecule has 0 N–H and O–H groups in total. The molecule has 2 saturated heterocycles. The van der Waals surface area contributed by atoms with E-state index < -0.39 is 70.1 Å². The molecule has 3 aromatic rings. The SMILES string of the molecule is CO[C@@]1(C(C)(C)CS(=O)(=O)c2ccccc2)O[C@H](C[C@H]2OC(C)(C)O[C@@H]2C)[C@@H](O[Si](C)(C)C(C)(C)C)/C(=C\CO[Si](c2ccccc2)(c2ccccc2)C(C)(C)C)[C@@H]1O[Si](C)(C)C(C)(C)C. The average Bonchev–Trinajstić information content (AvgIpc) is 3.46. The number of sulfone groups is 1. The fraction of sp³-hybridized carbons (Fsp3) is 0.623. The summed E-state index contributed by atoms with van der Waals surface area (Å²) in [4.78, 5) is 0.236. The molecule has 2 heterocycles. The molecule has 368 valence electrons. The van der Waals surface area contributed by atoms with E-state index in [0.29, 0.717) is 6.42 Å². The largest absolute Gasteiger partial charge is 0.408 e. The van der Waals surface area contributed by atoms with Gasteiger partial charge in [0.25, 0.3) is 8.32 Å². The van der Waals surface area contributed by atoms with E-state index in [1.165, 1.54) is 10.4 Å². The molecule has 66 heavy (non-hydrogen) atoms. The van der Waals surface area contributed by atoms with Gasteiger partial charge in [-0.2, -0.15) is 0 Å². The first-order valence-corrected chi connectivity index (χ1v) is 33.2. The fourth-order valence-electron chi connectivity index (χ4n) is 9.32. The van der Waals surface area contributed by atoms with Gasteiger partial charge in [0.1, 0.15) is 6.10 Å². The van der Waals surface area contributed by atoms with Crippen LogP contribution in [0.1, 0.15) is 103 Å². The lowest BCUT2D eigenvalue weighted by atomic mass is 9.74. The van der Waals surface area contributed by atoms with Gasteiger partial charge in [0.15, 0.2) is 32.3 Å². The highest BCUT2D eigenvalue weighted by Crippen LogP contribution is 2.54. The number of benzene rings is 3. The summed E-state index contributed by atoms with van der Waals surface area (Å²) in [5.74, 6) is -2.75. The van der Waals surface area contributed by atoms with Crippen LogP contribution in [0.25, 0.3) is 0 Å². The molecule has 0 saturated carbocycles. The van der Waals surface area contributed by atoms with E-state index in [1.54, 1.807) is 31.4 Å². The van der Waals surface area contributed by atoms with Crippen molar-refractivity contribution in [3.8, 4) is 0 Å². The Morgan fingerprint density at radius 2 is 1.12 bits per heavy atom. The molecule has 0 unspecified atom stereocenters. The minimum atomic E-state index is -3.88. The number of ether oxygens (including phenoxy) is 4. The zero-order valence-corrected chi connectivity index (χ0v) is 47.6. The minimum Gasteiger partial charge on any atom is -0.408 e. The third kappa shape index (κ3) is 11.2. The van der Waals surface area contributed by atoms with Gasteiger partial charge in [0, 0.05) is 18.9 Å². The van der Waals surface area contributed by atoms with Crippen LogP contribution in [0.2, 0.25) is 41.3 Å². The highest BCUT2D eigenvalue weighted by molar-refractivity contribution is 7.91. The summed E-state index contributed by atoms with van der Waals surface area (Å²) in [5, 5.41) is 1.64. The standard InChI is InChI=1S/C53H84O9SSi3/c1-39-44(59-52(13,14)58-39)37-45-46(61-64(16,17)48(2,3)4)43(35-36-57-66(50(8,9)10,41-31-25-21-26-32-41)42-33-27-22-28-34-42)47(62-65(18,19)49(5,6)7)53(56-15,60-45)51(11,12)38-63(54,55)40-29-23-20-24-30-40/h20-35,39,44-47H,36-38H2,1-19H3/b43-35+/t39-,44-,45-,46+,47+,53-/m1/s1.